The minimum Gasteiger partial charge on any atom is -0.468 e. The van der Waals surface area contributed by atoms with E-state index in [0.717, 1.165) is 15.8 Å². The number of carbonyl (C=O) groups excluding carboxylic acids is 2. The number of nitro groups is 1. The van der Waals surface area contributed by atoms with Crippen molar-refractivity contribution >= 4 is 39.1 Å². The van der Waals surface area contributed by atoms with Gasteiger partial charge in [0, 0.05) is 6.07 Å². The molecule has 9 heteroatoms. The van der Waals surface area contributed by atoms with E-state index in [9.17, 15) is 19.7 Å². The second-order valence-corrected chi connectivity index (χ2v) is 6.72. The van der Waals surface area contributed by atoms with Crippen molar-refractivity contribution in [2.24, 2.45) is 4.99 Å². The first kappa shape index (κ1) is 18.5. The van der Waals surface area contributed by atoms with Crippen molar-refractivity contribution in [3.05, 3.63) is 68.5 Å². The Hall–Kier alpha value is -3.33. The Balaban J connectivity index is 2.18. The lowest BCUT2D eigenvalue weighted by Gasteiger charge is -2.04. The van der Waals surface area contributed by atoms with Crippen LogP contribution in [0.2, 0.25) is 0 Å². The normalized spacial score (nSPS) is 11.6. The Morgan fingerprint density at radius 2 is 2.00 bits per heavy atom. The van der Waals surface area contributed by atoms with E-state index >= 15 is 0 Å². The zero-order chi connectivity index (χ0) is 19.6. The standard InChI is InChI=1S/C18H15N3O5S/c1-11-7-8-14-15(9-11)27-18(20(14)10-16(22)26-2)19-17(23)12-5-3-4-6-13(12)21(24)25/h3-9H,10H2,1-2H3. The fourth-order valence-corrected chi connectivity index (χ4v) is 3.70. The van der Waals surface area contributed by atoms with Gasteiger partial charge in [0.05, 0.1) is 22.2 Å². The Morgan fingerprint density at radius 1 is 1.26 bits per heavy atom. The van der Waals surface area contributed by atoms with Gasteiger partial charge in [0.2, 0.25) is 0 Å². The zero-order valence-electron chi connectivity index (χ0n) is 14.5. The number of ether oxygens (including phenoxy) is 1. The van der Waals surface area contributed by atoms with Crippen LogP contribution in [0.3, 0.4) is 0 Å². The summed E-state index contributed by atoms with van der Waals surface area (Å²) in [6.07, 6.45) is 0. The molecule has 0 unspecified atom stereocenters. The molecular formula is C18H15N3O5S. The molecule has 0 saturated heterocycles. The van der Waals surface area contributed by atoms with Crippen LogP contribution in [0, 0.1) is 17.0 Å². The number of aryl methyl sites for hydroxylation is 1. The number of nitro benzene ring substituents is 1. The van der Waals surface area contributed by atoms with Gasteiger partial charge in [-0.1, -0.05) is 29.5 Å². The van der Waals surface area contributed by atoms with Gasteiger partial charge < -0.3 is 9.30 Å². The highest BCUT2D eigenvalue weighted by Crippen LogP contribution is 2.21. The van der Waals surface area contributed by atoms with E-state index < -0.39 is 16.8 Å². The van der Waals surface area contributed by atoms with Gasteiger partial charge in [-0.15, -0.1) is 0 Å². The minimum atomic E-state index is -0.746. The number of esters is 1. The van der Waals surface area contributed by atoms with Gasteiger partial charge in [-0.3, -0.25) is 19.7 Å². The van der Waals surface area contributed by atoms with Crippen LogP contribution >= 0.6 is 11.3 Å². The molecule has 27 heavy (non-hydrogen) atoms. The average Bonchev–Trinajstić information content (AvgIpc) is 2.97. The van der Waals surface area contributed by atoms with E-state index in [2.05, 4.69) is 4.99 Å². The molecule has 0 atom stereocenters. The summed E-state index contributed by atoms with van der Waals surface area (Å²) in [6.45, 7) is 1.81. The number of para-hydroxylation sites is 1. The number of fused-ring (bicyclic) bond motifs is 1. The number of rotatable bonds is 4. The van der Waals surface area contributed by atoms with Gasteiger partial charge in [0.25, 0.3) is 11.6 Å². The molecule has 2 aromatic carbocycles. The van der Waals surface area contributed by atoms with E-state index in [0.29, 0.717) is 0 Å². The summed E-state index contributed by atoms with van der Waals surface area (Å²) in [4.78, 5) is 39.2. The average molecular weight is 385 g/mol. The van der Waals surface area contributed by atoms with Gasteiger partial charge in [-0.2, -0.15) is 4.99 Å². The molecule has 1 amide bonds. The van der Waals surface area contributed by atoms with Crippen molar-refractivity contribution in [2.45, 2.75) is 13.5 Å². The summed E-state index contributed by atoms with van der Waals surface area (Å²) in [5.74, 6) is -1.24. The van der Waals surface area contributed by atoms with Crippen LogP contribution in [-0.2, 0) is 16.1 Å². The van der Waals surface area contributed by atoms with E-state index in [1.54, 1.807) is 4.57 Å². The molecule has 138 valence electrons. The molecule has 3 rings (SSSR count). The second kappa shape index (κ2) is 7.50. The number of nitrogens with zero attached hydrogens (tertiary/aromatic N) is 3. The summed E-state index contributed by atoms with van der Waals surface area (Å²) in [7, 11) is 1.27. The SMILES string of the molecule is COC(=O)Cn1c(=NC(=O)c2ccccc2[N+](=O)[O-])sc2cc(C)ccc21. The van der Waals surface area contributed by atoms with Crippen LogP contribution in [0.4, 0.5) is 5.69 Å². The van der Waals surface area contributed by atoms with E-state index in [1.165, 1.54) is 42.7 Å². The van der Waals surface area contributed by atoms with Gasteiger partial charge >= 0.3 is 5.97 Å². The number of amides is 1. The first-order chi connectivity index (χ1) is 12.9. The number of benzene rings is 2. The third-order valence-electron chi connectivity index (χ3n) is 3.88. The molecule has 0 N–H and O–H groups in total. The van der Waals surface area contributed by atoms with Crippen molar-refractivity contribution in [1.82, 2.24) is 4.57 Å². The maximum absolute atomic E-state index is 12.6. The summed E-state index contributed by atoms with van der Waals surface area (Å²) < 4.78 is 7.13. The Kier molecular flexibility index (Phi) is 5.13. The van der Waals surface area contributed by atoms with Crippen LogP contribution in [-0.4, -0.2) is 28.5 Å². The topological polar surface area (TPSA) is 104 Å². The van der Waals surface area contributed by atoms with Gasteiger partial charge in [0.1, 0.15) is 12.1 Å². The first-order valence-electron chi connectivity index (χ1n) is 7.90. The van der Waals surface area contributed by atoms with Crippen LogP contribution in [0.25, 0.3) is 10.2 Å². The monoisotopic (exact) mass is 385 g/mol. The third-order valence-corrected chi connectivity index (χ3v) is 4.92. The fraction of sp³-hybridized carbons (Fsp3) is 0.167. The molecule has 0 bridgehead atoms. The van der Waals surface area contributed by atoms with Gasteiger partial charge in [-0.25, -0.2) is 0 Å². The summed E-state index contributed by atoms with van der Waals surface area (Å²) >= 11 is 1.23. The lowest BCUT2D eigenvalue weighted by Crippen LogP contribution is -2.22. The first-order valence-corrected chi connectivity index (χ1v) is 8.71. The number of carbonyl (C=O) groups is 2. The van der Waals surface area contributed by atoms with Crippen LogP contribution < -0.4 is 4.80 Å². The van der Waals surface area contributed by atoms with Crippen molar-refractivity contribution in [2.75, 3.05) is 7.11 Å². The van der Waals surface area contributed by atoms with Crippen LogP contribution in [0.15, 0.2) is 47.5 Å². The molecule has 0 radical (unpaired) electrons. The molecular weight excluding hydrogens is 370 g/mol. The van der Waals surface area contributed by atoms with Crippen molar-refractivity contribution in [1.29, 1.82) is 0 Å². The molecule has 0 aliphatic heterocycles. The van der Waals surface area contributed by atoms with Gasteiger partial charge in [0.15, 0.2) is 4.80 Å². The Morgan fingerprint density at radius 3 is 2.70 bits per heavy atom. The molecule has 0 aliphatic rings. The largest absolute Gasteiger partial charge is 0.468 e. The van der Waals surface area contributed by atoms with Gasteiger partial charge in [-0.05, 0) is 30.7 Å². The molecule has 1 heterocycles. The molecule has 8 nitrogen and oxygen atoms in total. The molecule has 3 aromatic rings. The maximum atomic E-state index is 12.6. The Bertz CT molecular complexity index is 1130. The molecule has 1 aromatic heterocycles. The number of hydrogen-bond acceptors (Lipinski definition) is 6. The zero-order valence-corrected chi connectivity index (χ0v) is 15.4. The fourth-order valence-electron chi connectivity index (χ4n) is 2.57. The lowest BCUT2D eigenvalue weighted by atomic mass is 10.2. The molecule has 0 fully saturated rings. The summed E-state index contributed by atoms with van der Waals surface area (Å²) in [5, 5.41) is 11.2. The third kappa shape index (κ3) is 3.77. The van der Waals surface area contributed by atoms with Crippen molar-refractivity contribution in [3.8, 4) is 0 Å². The highest BCUT2D eigenvalue weighted by atomic mass is 32.1. The van der Waals surface area contributed by atoms with Crippen molar-refractivity contribution in [3.63, 3.8) is 0 Å². The van der Waals surface area contributed by atoms with Crippen molar-refractivity contribution < 1.29 is 19.2 Å². The minimum absolute atomic E-state index is 0.110. The van der Waals surface area contributed by atoms with Crippen LogP contribution in [0.5, 0.6) is 0 Å². The number of thiazole rings is 1. The highest BCUT2D eigenvalue weighted by Gasteiger charge is 2.19. The van der Waals surface area contributed by atoms with Crippen LogP contribution in [0.1, 0.15) is 15.9 Å². The highest BCUT2D eigenvalue weighted by molar-refractivity contribution is 7.16. The number of methoxy groups -OCH3 is 1. The van der Waals surface area contributed by atoms with E-state index in [4.69, 9.17) is 4.74 Å². The number of aromatic nitrogens is 1. The summed E-state index contributed by atoms with van der Waals surface area (Å²) in [6, 6.07) is 11.3. The molecule has 0 aliphatic carbocycles. The molecule has 0 saturated carbocycles. The Labute approximate surface area is 157 Å². The van der Waals surface area contributed by atoms with E-state index in [-0.39, 0.29) is 22.6 Å². The number of hydrogen-bond donors (Lipinski definition) is 0. The second-order valence-electron chi connectivity index (χ2n) is 5.71. The maximum Gasteiger partial charge on any atom is 0.325 e. The predicted molar refractivity (Wildman–Crippen MR) is 99.6 cm³/mol. The molecule has 0 spiro atoms. The predicted octanol–water partition coefficient (Wildman–Crippen LogP) is 2.83. The van der Waals surface area contributed by atoms with E-state index in [1.807, 2.05) is 25.1 Å². The smallest absolute Gasteiger partial charge is 0.325 e. The summed E-state index contributed by atoms with van der Waals surface area (Å²) in [5.41, 5.74) is 1.32. The quantitative estimate of drug-likeness (QED) is 0.390. The lowest BCUT2D eigenvalue weighted by molar-refractivity contribution is -0.385.